The quantitative estimate of drug-likeness (QED) is 0.716. The molecule has 26 heavy (non-hydrogen) atoms. The lowest BCUT2D eigenvalue weighted by atomic mass is 10.0. The lowest BCUT2D eigenvalue weighted by Crippen LogP contribution is -2.05. The standard InChI is InChI=1S/C18H15ClF2N4O/c1-8(2)25-17(16-12(24-25)3-4-13(22-16)18(20)21)10-5-9-7-14(26)23-15(9)11(19)6-10/h3-6,8,18H,7H2,1-2H3,(H,23,26). The van der Waals surface area contributed by atoms with Crippen LogP contribution in [0, 0.1) is 0 Å². The second-order valence-electron chi connectivity index (χ2n) is 6.51. The number of fused-ring (bicyclic) bond motifs is 2. The van der Waals surface area contributed by atoms with E-state index in [4.69, 9.17) is 11.6 Å². The Morgan fingerprint density at radius 3 is 2.73 bits per heavy atom. The molecule has 1 aromatic carbocycles. The van der Waals surface area contributed by atoms with E-state index in [-0.39, 0.29) is 24.1 Å². The van der Waals surface area contributed by atoms with Crippen LogP contribution in [0.2, 0.25) is 5.02 Å². The summed E-state index contributed by atoms with van der Waals surface area (Å²) in [6.07, 6.45) is -2.44. The molecule has 0 saturated heterocycles. The van der Waals surface area contributed by atoms with E-state index in [0.717, 1.165) is 5.56 Å². The minimum Gasteiger partial charge on any atom is -0.324 e. The van der Waals surface area contributed by atoms with Gasteiger partial charge in [-0.25, -0.2) is 13.8 Å². The molecule has 1 amide bonds. The predicted octanol–water partition coefficient (Wildman–Crippen LogP) is 4.76. The van der Waals surface area contributed by atoms with E-state index < -0.39 is 6.43 Å². The van der Waals surface area contributed by atoms with Gasteiger partial charge in [0, 0.05) is 11.6 Å². The molecule has 1 N–H and O–H groups in total. The molecule has 0 saturated carbocycles. The van der Waals surface area contributed by atoms with Crippen LogP contribution in [0.15, 0.2) is 24.3 Å². The first-order chi connectivity index (χ1) is 12.3. The van der Waals surface area contributed by atoms with Gasteiger partial charge in [0.2, 0.25) is 5.91 Å². The molecule has 8 heteroatoms. The third-order valence-corrected chi connectivity index (χ3v) is 4.64. The molecule has 0 spiro atoms. The molecule has 3 heterocycles. The van der Waals surface area contributed by atoms with Gasteiger partial charge in [0.1, 0.15) is 16.7 Å². The molecule has 0 atom stereocenters. The Morgan fingerprint density at radius 2 is 2.04 bits per heavy atom. The highest BCUT2D eigenvalue weighted by atomic mass is 35.5. The van der Waals surface area contributed by atoms with Crippen LogP contribution in [0.25, 0.3) is 22.3 Å². The fourth-order valence-corrected chi connectivity index (χ4v) is 3.48. The maximum absolute atomic E-state index is 13.1. The Labute approximate surface area is 153 Å². The number of pyridine rings is 1. The summed E-state index contributed by atoms with van der Waals surface area (Å²) in [5.74, 6) is -0.126. The summed E-state index contributed by atoms with van der Waals surface area (Å²) < 4.78 is 28.0. The predicted molar refractivity (Wildman–Crippen MR) is 95.6 cm³/mol. The van der Waals surface area contributed by atoms with Gasteiger partial charge < -0.3 is 5.32 Å². The van der Waals surface area contributed by atoms with Gasteiger partial charge in [-0.15, -0.1) is 0 Å². The molecule has 3 aromatic rings. The molecular weight excluding hydrogens is 362 g/mol. The van der Waals surface area contributed by atoms with Crippen LogP contribution in [-0.2, 0) is 11.2 Å². The van der Waals surface area contributed by atoms with Crippen LogP contribution >= 0.6 is 11.6 Å². The molecule has 0 unspecified atom stereocenters. The number of nitrogens with zero attached hydrogens (tertiary/aromatic N) is 3. The van der Waals surface area contributed by atoms with Crippen molar-refractivity contribution in [3.05, 3.63) is 40.5 Å². The molecule has 0 bridgehead atoms. The molecule has 0 fully saturated rings. The van der Waals surface area contributed by atoms with Crippen LogP contribution in [0.3, 0.4) is 0 Å². The Bertz CT molecular complexity index is 1050. The zero-order valence-corrected chi connectivity index (χ0v) is 14.8. The first-order valence-corrected chi connectivity index (χ1v) is 8.53. The number of amides is 1. The molecule has 2 aromatic heterocycles. The number of carbonyl (C=O) groups excluding carboxylic acids is 1. The molecule has 0 aliphatic carbocycles. The number of alkyl halides is 2. The highest BCUT2D eigenvalue weighted by Gasteiger charge is 2.25. The Morgan fingerprint density at radius 1 is 1.27 bits per heavy atom. The molecule has 1 aliphatic heterocycles. The third-order valence-electron chi connectivity index (χ3n) is 4.34. The lowest BCUT2D eigenvalue weighted by molar-refractivity contribution is -0.115. The van der Waals surface area contributed by atoms with Crippen molar-refractivity contribution >= 4 is 34.2 Å². The van der Waals surface area contributed by atoms with E-state index in [1.54, 1.807) is 16.8 Å². The van der Waals surface area contributed by atoms with Crippen LogP contribution in [-0.4, -0.2) is 20.7 Å². The molecule has 1 aliphatic rings. The molecule has 0 radical (unpaired) electrons. The van der Waals surface area contributed by atoms with Crippen LogP contribution in [0.1, 0.15) is 37.6 Å². The zero-order chi connectivity index (χ0) is 18.6. The SMILES string of the molecule is CC(C)n1nc2ccc(C(F)F)nc2c1-c1cc(Cl)c2c(c1)CC(=O)N2. The van der Waals surface area contributed by atoms with Crippen molar-refractivity contribution in [3.63, 3.8) is 0 Å². The van der Waals surface area contributed by atoms with Crippen molar-refractivity contribution < 1.29 is 13.6 Å². The van der Waals surface area contributed by atoms with Crippen molar-refractivity contribution in [1.82, 2.24) is 14.8 Å². The summed E-state index contributed by atoms with van der Waals surface area (Å²) in [5, 5.41) is 7.64. The summed E-state index contributed by atoms with van der Waals surface area (Å²) in [4.78, 5) is 15.8. The first-order valence-electron chi connectivity index (χ1n) is 8.15. The van der Waals surface area contributed by atoms with Gasteiger partial charge >= 0.3 is 0 Å². The molecule has 4 rings (SSSR count). The number of anilines is 1. The van der Waals surface area contributed by atoms with E-state index in [2.05, 4.69) is 15.4 Å². The van der Waals surface area contributed by atoms with Crippen molar-refractivity contribution in [1.29, 1.82) is 0 Å². The molecule has 134 valence electrons. The average molecular weight is 377 g/mol. The van der Waals surface area contributed by atoms with E-state index in [1.165, 1.54) is 6.07 Å². The van der Waals surface area contributed by atoms with E-state index in [1.807, 2.05) is 19.9 Å². The second-order valence-corrected chi connectivity index (χ2v) is 6.92. The minimum absolute atomic E-state index is 0.0130. The minimum atomic E-state index is -2.67. The van der Waals surface area contributed by atoms with E-state index in [0.29, 0.717) is 33.0 Å². The van der Waals surface area contributed by atoms with E-state index >= 15 is 0 Å². The van der Waals surface area contributed by atoms with Gasteiger partial charge in [-0.1, -0.05) is 11.6 Å². The van der Waals surface area contributed by atoms with Crippen molar-refractivity contribution in [2.45, 2.75) is 32.7 Å². The normalized spacial score (nSPS) is 13.7. The summed E-state index contributed by atoms with van der Waals surface area (Å²) >= 11 is 6.34. The number of hydrogen-bond donors (Lipinski definition) is 1. The number of aromatic nitrogens is 3. The van der Waals surface area contributed by atoms with Crippen LogP contribution < -0.4 is 5.32 Å². The fraction of sp³-hybridized carbons (Fsp3) is 0.278. The van der Waals surface area contributed by atoms with Crippen LogP contribution in [0.5, 0.6) is 0 Å². The number of hydrogen-bond acceptors (Lipinski definition) is 3. The number of benzene rings is 1. The second kappa shape index (κ2) is 6.02. The average Bonchev–Trinajstić information content (AvgIpc) is 3.14. The van der Waals surface area contributed by atoms with Gasteiger partial charge in [-0.2, -0.15) is 5.10 Å². The third kappa shape index (κ3) is 2.63. The van der Waals surface area contributed by atoms with Crippen molar-refractivity contribution in [2.24, 2.45) is 0 Å². The fourth-order valence-electron chi connectivity index (χ4n) is 3.20. The Kier molecular flexibility index (Phi) is 3.91. The summed E-state index contributed by atoms with van der Waals surface area (Å²) in [7, 11) is 0. The Hall–Kier alpha value is -2.54. The number of halogens is 3. The lowest BCUT2D eigenvalue weighted by Gasteiger charge is -2.13. The van der Waals surface area contributed by atoms with Gasteiger partial charge in [-0.05, 0) is 43.7 Å². The number of carbonyl (C=O) groups is 1. The van der Waals surface area contributed by atoms with Gasteiger partial charge in [0.25, 0.3) is 6.43 Å². The van der Waals surface area contributed by atoms with Crippen LogP contribution in [0.4, 0.5) is 14.5 Å². The number of rotatable bonds is 3. The topological polar surface area (TPSA) is 59.8 Å². The number of nitrogens with one attached hydrogen (secondary N) is 1. The Balaban J connectivity index is 2.00. The first kappa shape index (κ1) is 16.9. The maximum atomic E-state index is 13.1. The zero-order valence-electron chi connectivity index (χ0n) is 14.1. The molecule has 5 nitrogen and oxygen atoms in total. The smallest absolute Gasteiger partial charge is 0.280 e. The highest BCUT2D eigenvalue weighted by Crippen LogP contribution is 2.38. The highest BCUT2D eigenvalue weighted by molar-refractivity contribution is 6.34. The van der Waals surface area contributed by atoms with Crippen molar-refractivity contribution in [2.75, 3.05) is 5.32 Å². The van der Waals surface area contributed by atoms with E-state index in [9.17, 15) is 13.6 Å². The summed E-state index contributed by atoms with van der Waals surface area (Å²) in [6.45, 7) is 3.90. The largest absolute Gasteiger partial charge is 0.324 e. The molecular formula is C18H15ClF2N4O. The monoisotopic (exact) mass is 376 g/mol. The maximum Gasteiger partial charge on any atom is 0.280 e. The van der Waals surface area contributed by atoms with Crippen molar-refractivity contribution in [3.8, 4) is 11.3 Å². The van der Waals surface area contributed by atoms with Gasteiger partial charge in [0.15, 0.2) is 0 Å². The summed E-state index contributed by atoms with van der Waals surface area (Å²) in [5.41, 5.74) is 3.30. The van der Waals surface area contributed by atoms with Gasteiger partial charge in [0.05, 0.1) is 22.8 Å². The summed E-state index contributed by atoms with van der Waals surface area (Å²) in [6, 6.07) is 6.36. The van der Waals surface area contributed by atoms with Gasteiger partial charge in [-0.3, -0.25) is 9.48 Å².